The maximum atomic E-state index is 12.9. The Hall–Kier alpha value is -3.53. The molecule has 1 aliphatic heterocycles. The molecule has 1 aliphatic rings. The van der Waals surface area contributed by atoms with Crippen molar-refractivity contribution in [2.45, 2.75) is 0 Å². The number of aromatic amines is 1. The minimum Gasteiger partial charge on any atom is -0.477 e. The van der Waals surface area contributed by atoms with Crippen molar-refractivity contribution >= 4 is 69.5 Å². The summed E-state index contributed by atoms with van der Waals surface area (Å²) in [6.45, 7) is 0.178. The molecule has 6 N–H and O–H groups in total. The number of fused-ring (bicyclic) bond motifs is 1. The second-order valence-corrected chi connectivity index (χ2v) is 7.55. The zero-order chi connectivity index (χ0) is 22.3. The van der Waals surface area contributed by atoms with E-state index in [1.54, 1.807) is 30.3 Å². The summed E-state index contributed by atoms with van der Waals surface area (Å²) < 4.78 is 0. The molecule has 0 spiro atoms. The SMILES string of the molecule is NC(=O)Nc1ccc(N2NC/C(=C\c3c(C(=O)O)[nH]c4cc(Cl)cc(Cl)c34)C2=O)cc1. The van der Waals surface area contributed by atoms with Crippen molar-refractivity contribution in [1.29, 1.82) is 0 Å². The van der Waals surface area contributed by atoms with E-state index in [1.165, 1.54) is 17.2 Å². The Kier molecular flexibility index (Phi) is 5.32. The van der Waals surface area contributed by atoms with E-state index in [9.17, 15) is 19.5 Å². The van der Waals surface area contributed by atoms with Crippen molar-refractivity contribution < 1.29 is 19.5 Å². The summed E-state index contributed by atoms with van der Waals surface area (Å²) >= 11 is 12.3. The first-order valence-corrected chi connectivity index (χ1v) is 9.69. The van der Waals surface area contributed by atoms with Crippen LogP contribution in [0.4, 0.5) is 16.2 Å². The van der Waals surface area contributed by atoms with E-state index in [0.29, 0.717) is 32.9 Å². The lowest BCUT2D eigenvalue weighted by atomic mass is 10.1. The largest absolute Gasteiger partial charge is 0.477 e. The fraction of sp³-hybridized carbons (Fsp3) is 0.0500. The number of hydrogen-bond donors (Lipinski definition) is 5. The van der Waals surface area contributed by atoms with Crippen molar-refractivity contribution in [2.75, 3.05) is 16.9 Å². The van der Waals surface area contributed by atoms with E-state index in [-0.39, 0.29) is 28.7 Å². The molecule has 0 saturated carbocycles. The van der Waals surface area contributed by atoms with Crippen LogP contribution >= 0.6 is 23.2 Å². The van der Waals surface area contributed by atoms with Crippen LogP contribution in [0.1, 0.15) is 16.1 Å². The zero-order valence-electron chi connectivity index (χ0n) is 15.7. The quantitative estimate of drug-likeness (QED) is 0.379. The van der Waals surface area contributed by atoms with Gasteiger partial charge in [0.25, 0.3) is 5.91 Å². The highest BCUT2D eigenvalue weighted by atomic mass is 35.5. The number of benzene rings is 2. The number of H-pyrrole nitrogens is 1. The number of carboxylic acids is 1. The Bertz CT molecular complexity index is 1270. The van der Waals surface area contributed by atoms with Gasteiger partial charge < -0.3 is 21.1 Å². The van der Waals surface area contributed by atoms with Gasteiger partial charge in [-0.1, -0.05) is 23.2 Å². The Morgan fingerprint density at radius 1 is 1.19 bits per heavy atom. The average molecular weight is 460 g/mol. The molecular weight excluding hydrogens is 445 g/mol. The number of primary amides is 1. The van der Waals surface area contributed by atoms with Gasteiger partial charge in [-0.05, 0) is 42.5 Å². The number of aromatic carboxylic acids is 1. The minimum absolute atomic E-state index is 0.0974. The third-order valence-electron chi connectivity index (χ3n) is 4.68. The summed E-state index contributed by atoms with van der Waals surface area (Å²) in [7, 11) is 0. The maximum Gasteiger partial charge on any atom is 0.352 e. The van der Waals surface area contributed by atoms with E-state index in [2.05, 4.69) is 15.7 Å². The predicted molar refractivity (Wildman–Crippen MR) is 118 cm³/mol. The summed E-state index contributed by atoms with van der Waals surface area (Å²) in [6.07, 6.45) is 1.50. The second-order valence-electron chi connectivity index (χ2n) is 6.71. The molecule has 0 atom stereocenters. The predicted octanol–water partition coefficient (Wildman–Crippen LogP) is 3.60. The fourth-order valence-corrected chi connectivity index (χ4v) is 3.97. The van der Waals surface area contributed by atoms with Gasteiger partial charge in [-0.25, -0.2) is 20.0 Å². The van der Waals surface area contributed by atoms with E-state index < -0.39 is 12.0 Å². The molecule has 2 heterocycles. The van der Waals surface area contributed by atoms with E-state index in [0.717, 1.165) is 0 Å². The molecule has 0 radical (unpaired) electrons. The lowest BCUT2D eigenvalue weighted by molar-refractivity contribution is -0.114. The molecule has 158 valence electrons. The monoisotopic (exact) mass is 459 g/mol. The number of nitrogens with two attached hydrogens (primary N) is 1. The van der Waals surface area contributed by atoms with E-state index >= 15 is 0 Å². The van der Waals surface area contributed by atoms with E-state index in [4.69, 9.17) is 28.9 Å². The topological polar surface area (TPSA) is 141 Å². The molecule has 3 amide bonds. The molecule has 1 fully saturated rings. The molecule has 1 saturated heterocycles. The number of rotatable bonds is 4. The molecule has 9 nitrogen and oxygen atoms in total. The number of urea groups is 1. The zero-order valence-corrected chi connectivity index (χ0v) is 17.2. The highest BCUT2D eigenvalue weighted by Crippen LogP contribution is 2.34. The van der Waals surface area contributed by atoms with Crippen LogP contribution in [-0.4, -0.2) is 34.5 Å². The second kappa shape index (κ2) is 7.95. The number of carbonyl (C=O) groups excluding carboxylic acids is 2. The van der Waals surface area contributed by atoms with Gasteiger partial charge in [0, 0.05) is 39.3 Å². The smallest absolute Gasteiger partial charge is 0.352 e. The highest BCUT2D eigenvalue weighted by Gasteiger charge is 2.28. The number of carbonyl (C=O) groups is 3. The van der Waals surface area contributed by atoms with Crippen LogP contribution in [0, 0.1) is 0 Å². The normalized spacial score (nSPS) is 15.1. The van der Waals surface area contributed by atoms with Gasteiger partial charge in [0.05, 0.1) is 10.7 Å². The van der Waals surface area contributed by atoms with Crippen LogP contribution < -0.4 is 21.5 Å². The number of hydrazine groups is 1. The number of carboxylic acid groups (broad SMARTS) is 1. The van der Waals surface area contributed by atoms with Crippen LogP contribution in [0.5, 0.6) is 0 Å². The summed E-state index contributed by atoms with van der Waals surface area (Å²) in [5, 5.41) is 14.5. The Morgan fingerprint density at radius 2 is 1.90 bits per heavy atom. The van der Waals surface area contributed by atoms with Crippen LogP contribution in [0.15, 0.2) is 42.0 Å². The number of nitrogens with one attached hydrogen (secondary N) is 3. The fourth-order valence-electron chi connectivity index (χ4n) is 3.37. The van der Waals surface area contributed by atoms with Gasteiger partial charge in [-0.15, -0.1) is 0 Å². The maximum absolute atomic E-state index is 12.9. The van der Waals surface area contributed by atoms with Gasteiger partial charge in [-0.2, -0.15) is 0 Å². The van der Waals surface area contributed by atoms with Crippen molar-refractivity contribution in [1.82, 2.24) is 10.4 Å². The van der Waals surface area contributed by atoms with Crippen molar-refractivity contribution in [3.05, 3.63) is 63.3 Å². The number of aromatic nitrogens is 1. The lowest BCUT2D eigenvalue weighted by Crippen LogP contribution is -2.34. The van der Waals surface area contributed by atoms with Crippen molar-refractivity contribution in [2.24, 2.45) is 5.73 Å². The van der Waals surface area contributed by atoms with Crippen molar-refractivity contribution in [3.63, 3.8) is 0 Å². The highest BCUT2D eigenvalue weighted by molar-refractivity contribution is 6.39. The molecule has 4 rings (SSSR count). The molecule has 11 heteroatoms. The molecule has 0 bridgehead atoms. The summed E-state index contributed by atoms with van der Waals surface area (Å²) in [5.41, 5.74) is 10.0. The number of anilines is 2. The van der Waals surface area contributed by atoms with Crippen LogP contribution in [0.25, 0.3) is 17.0 Å². The van der Waals surface area contributed by atoms with Gasteiger partial charge >= 0.3 is 12.0 Å². The van der Waals surface area contributed by atoms with Gasteiger partial charge in [0.1, 0.15) is 5.69 Å². The summed E-state index contributed by atoms with van der Waals surface area (Å²) in [6, 6.07) is 8.85. The summed E-state index contributed by atoms with van der Waals surface area (Å²) in [4.78, 5) is 38.4. The van der Waals surface area contributed by atoms with Crippen LogP contribution in [0.3, 0.4) is 0 Å². The first kappa shape index (κ1) is 20.7. The third kappa shape index (κ3) is 3.93. The Labute approximate surface area is 185 Å². The molecule has 0 unspecified atom stereocenters. The van der Waals surface area contributed by atoms with Gasteiger partial charge in [0.2, 0.25) is 0 Å². The molecule has 0 aliphatic carbocycles. The average Bonchev–Trinajstić information content (AvgIpc) is 3.23. The van der Waals surface area contributed by atoms with Crippen LogP contribution in [0.2, 0.25) is 10.0 Å². The molecule has 3 aromatic rings. The van der Waals surface area contributed by atoms with Crippen LogP contribution in [-0.2, 0) is 4.79 Å². The molecule has 31 heavy (non-hydrogen) atoms. The molecular formula is C20H15Cl2N5O4. The standard InChI is InChI=1S/C20H15Cl2N5O4/c21-10-6-14(22)16-13(17(19(29)30)26-15(16)7-10)5-9-8-24-27(18(9)28)12-3-1-11(2-4-12)25-20(23)31/h1-7,24,26H,8H2,(H,29,30)(H3,23,25,31)/b9-5+. The molecule has 2 aromatic carbocycles. The van der Waals surface area contributed by atoms with Gasteiger partial charge in [-0.3, -0.25) is 4.79 Å². The Balaban J connectivity index is 1.70. The number of amides is 3. The number of halogens is 2. The first-order chi connectivity index (χ1) is 14.7. The van der Waals surface area contributed by atoms with Crippen molar-refractivity contribution in [3.8, 4) is 0 Å². The number of hydrogen-bond acceptors (Lipinski definition) is 4. The first-order valence-electron chi connectivity index (χ1n) is 8.93. The molecule has 1 aromatic heterocycles. The lowest BCUT2D eigenvalue weighted by Gasteiger charge is -2.15. The third-order valence-corrected chi connectivity index (χ3v) is 5.20. The van der Waals surface area contributed by atoms with E-state index in [1.807, 2.05) is 0 Å². The summed E-state index contributed by atoms with van der Waals surface area (Å²) in [5.74, 6) is -1.55. The number of nitrogens with zero attached hydrogens (tertiary/aromatic N) is 1. The Morgan fingerprint density at radius 3 is 2.55 bits per heavy atom. The minimum atomic E-state index is -1.19. The van der Waals surface area contributed by atoms with Gasteiger partial charge in [0.15, 0.2) is 0 Å².